The maximum atomic E-state index is 15.8. The zero-order valence-corrected chi connectivity index (χ0v) is 40.8. The molecule has 7 aliphatic rings. The molecule has 69 heavy (non-hydrogen) atoms. The topological polar surface area (TPSA) is 217 Å². The summed E-state index contributed by atoms with van der Waals surface area (Å²) in [6.45, 7) is 16.0. The van der Waals surface area contributed by atoms with E-state index in [4.69, 9.17) is 28.4 Å². The summed E-state index contributed by atoms with van der Waals surface area (Å²) in [5.74, 6) is -3.04. The molecule has 3 fully saturated rings. The quantitative estimate of drug-likeness (QED) is 0.0802. The Morgan fingerprint density at radius 2 is 1.64 bits per heavy atom. The standard InChI is InChI=1S/C54H65NO14/c1-28(2)14-13-21-52(9)22-20-35-44(67-52)34(18-17-29(3)4)46-39(45(35)66-50-43(60)42(59)41(58)37(26-56)65-50)40(57)36-24-33-25-38-51(7,8)69-53(47(33)61,54(36,38)68-46)23-19-30(5)48(62)55-31(6)49(63)64-27-32-15-11-10-12-16-32/h10-12,14-17,19-20,22,24,31,33,37-38,41-43,50,56,58-60H,13,18,21,23,25-27H2,1-9H3,(H,55,62)/b30-19-/t31?,33?,37-,38?,41-,42-,43-,50+,52?,53?,54?/m1/s1. The van der Waals surface area contributed by atoms with E-state index in [1.54, 1.807) is 25.2 Å². The van der Waals surface area contributed by atoms with Crippen molar-refractivity contribution >= 4 is 29.5 Å². The number of rotatable bonds is 15. The van der Waals surface area contributed by atoms with E-state index in [-0.39, 0.29) is 53.4 Å². The minimum atomic E-state index is -1.82. The molecule has 1 amide bonds. The number of hydrogen-bond donors (Lipinski definition) is 5. The van der Waals surface area contributed by atoms with Crippen molar-refractivity contribution in [2.75, 3.05) is 6.61 Å². The van der Waals surface area contributed by atoms with Gasteiger partial charge in [0, 0.05) is 35.0 Å². The lowest BCUT2D eigenvalue weighted by molar-refractivity contribution is -0.277. The summed E-state index contributed by atoms with van der Waals surface area (Å²) in [4.78, 5) is 57.6. The lowest BCUT2D eigenvalue weighted by atomic mass is 9.51. The van der Waals surface area contributed by atoms with Gasteiger partial charge in [-0.15, -0.1) is 0 Å². The molecule has 370 valence electrons. The number of ketones is 2. The molecule has 6 unspecified atom stereocenters. The Morgan fingerprint density at radius 3 is 2.32 bits per heavy atom. The van der Waals surface area contributed by atoms with Crippen molar-refractivity contribution in [1.82, 2.24) is 5.32 Å². The second kappa shape index (κ2) is 18.7. The summed E-state index contributed by atoms with van der Waals surface area (Å²) in [6.07, 6.45) is 4.37. The number of esters is 1. The normalized spacial score (nSPS) is 31.8. The highest BCUT2D eigenvalue weighted by Crippen LogP contribution is 2.69. The Hall–Kier alpha value is -5.42. The van der Waals surface area contributed by atoms with Gasteiger partial charge in [-0.2, -0.15) is 0 Å². The minimum Gasteiger partial charge on any atom is -0.482 e. The van der Waals surface area contributed by atoms with Crippen LogP contribution >= 0.6 is 0 Å². The average Bonchev–Trinajstić information content (AvgIpc) is 3.46. The molecule has 2 aromatic carbocycles. The van der Waals surface area contributed by atoms with Gasteiger partial charge >= 0.3 is 5.97 Å². The smallest absolute Gasteiger partial charge is 0.328 e. The number of aliphatic hydroxyl groups is 4. The van der Waals surface area contributed by atoms with Crippen LogP contribution in [0.3, 0.4) is 0 Å². The third-order valence-corrected chi connectivity index (χ3v) is 14.5. The molecule has 4 aliphatic heterocycles. The predicted molar refractivity (Wildman–Crippen MR) is 253 cm³/mol. The van der Waals surface area contributed by atoms with Crippen molar-refractivity contribution in [3.8, 4) is 17.2 Å². The highest BCUT2D eigenvalue weighted by Gasteiger charge is 2.81. The Kier molecular flexibility index (Phi) is 13.6. The number of hydrogen-bond acceptors (Lipinski definition) is 14. The minimum absolute atomic E-state index is 0.0345. The van der Waals surface area contributed by atoms with Gasteiger partial charge in [-0.1, -0.05) is 65.8 Å². The third kappa shape index (κ3) is 8.69. The first-order chi connectivity index (χ1) is 32.6. The number of amides is 1. The number of nitrogens with one attached hydrogen (secondary N) is 1. The summed E-state index contributed by atoms with van der Waals surface area (Å²) >= 11 is 0. The molecular formula is C54H65NO14. The van der Waals surface area contributed by atoms with Gasteiger partial charge in [0.1, 0.15) is 65.5 Å². The fraction of sp³-hybridized carbons (Fsp3) is 0.519. The van der Waals surface area contributed by atoms with E-state index in [2.05, 4.69) is 11.4 Å². The number of aliphatic hydroxyl groups excluding tert-OH is 4. The van der Waals surface area contributed by atoms with Crippen molar-refractivity contribution in [3.05, 3.63) is 105 Å². The Morgan fingerprint density at radius 1 is 0.928 bits per heavy atom. The summed E-state index contributed by atoms with van der Waals surface area (Å²) in [7, 11) is 0. The van der Waals surface area contributed by atoms with E-state index in [9.17, 15) is 30.0 Å². The fourth-order valence-corrected chi connectivity index (χ4v) is 10.8. The highest BCUT2D eigenvalue weighted by molar-refractivity contribution is 6.19. The first kappa shape index (κ1) is 50.0. The van der Waals surface area contributed by atoms with Crippen LogP contribution in [-0.4, -0.2) is 110 Å². The molecule has 3 aliphatic carbocycles. The number of ether oxygens (including phenoxy) is 6. The molecule has 0 radical (unpaired) electrons. The van der Waals surface area contributed by atoms with Crippen LogP contribution in [-0.2, 0) is 41.6 Å². The van der Waals surface area contributed by atoms with Crippen LogP contribution in [0.4, 0.5) is 0 Å². The second-order valence-corrected chi connectivity index (χ2v) is 20.5. The molecule has 2 saturated heterocycles. The maximum Gasteiger partial charge on any atom is 0.328 e. The lowest BCUT2D eigenvalue weighted by Crippen LogP contribution is -2.72. The molecule has 15 nitrogen and oxygen atoms in total. The molecule has 9 rings (SSSR count). The molecule has 11 atom stereocenters. The van der Waals surface area contributed by atoms with Gasteiger partial charge in [-0.3, -0.25) is 14.4 Å². The van der Waals surface area contributed by atoms with E-state index in [1.165, 1.54) is 6.92 Å². The molecule has 2 aromatic rings. The van der Waals surface area contributed by atoms with Gasteiger partial charge in [0.15, 0.2) is 22.8 Å². The van der Waals surface area contributed by atoms with E-state index < -0.39 is 95.3 Å². The maximum absolute atomic E-state index is 15.8. The number of Topliss-reactive ketones (excluding diaryl/α,β-unsaturated/α-hetero) is 2. The fourth-order valence-electron chi connectivity index (χ4n) is 10.8. The van der Waals surface area contributed by atoms with Gasteiger partial charge < -0.3 is 54.2 Å². The Labute approximate surface area is 402 Å². The van der Waals surface area contributed by atoms with Gasteiger partial charge in [-0.25, -0.2) is 4.79 Å². The molecule has 0 aromatic heterocycles. The first-order valence-corrected chi connectivity index (χ1v) is 23.8. The zero-order chi connectivity index (χ0) is 50.0. The van der Waals surface area contributed by atoms with Crippen LogP contribution in [0.25, 0.3) is 6.08 Å². The van der Waals surface area contributed by atoms with E-state index in [0.29, 0.717) is 36.1 Å². The molecule has 15 heteroatoms. The number of benzene rings is 2. The van der Waals surface area contributed by atoms with Gasteiger partial charge in [0.05, 0.1) is 17.8 Å². The number of fused-ring (bicyclic) bond motifs is 2. The zero-order valence-electron chi connectivity index (χ0n) is 40.8. The second-order valence-electron chi connectivity index (χ2n) is 20.5. The van der Waals surface area contributed by atoms with Crippen molar-refractivity contribution in [2.24, 2.45) is 11.8 Å². The SMILES string of the molecule is CC(C)=CCCC1(C)C=Cc2c(c(CC=C(C)C)c3c(c2O[C@@H]2O[C@H](CO)[C@@H](O)[C@@H](O)[C@H]2O)C(=O)C2=CC4CC5C(C)(C)OC(C/C=C(/C)C(=O)NC(C)C(=O)OCc6ccccc6)(C4=O)C25O3)O1. The summed E-state index contributed by atoms with van der Waals surface area (Å²) in [5.41, 5.74) is -1.37. The van der Waals surface area contributed by atoms with Crippen LogP contribution in [0.1, 0.15) is 115 Å². The monoisotopic (exact) mass is 951 g/mol. The average molecular weight is 952 g/mol. The van der Waals surface area contributed by atoms with Crippen LogP contribution < -0.4 is 19.5 Å². The highest BCUT2D eigenvalue weighted by atomic mass is 16.7. The Bertz CT molecular complexity index is 2560. The molecule has 5 N–H and O–H groups in total. The van der Waals surface area contributed by atoms with Crippen molar-refractivity contribution in [3.63, 3.8) is 0 Å². The first-order valence-electron chi connectivity index (χ1n) is 23.8. The molecule has 4 heterocycles. The van der Waals surface area contributed by atoms with Crippen molar-refractivity contribution in [1.29, 1.82) is 0 Å². The van der Waals surface area contributed by atoms with Crippen LogP contribution in [0.2, 0.25) is 0 Å². The van der Waals surface area contributed by atoms with Gasteiger partial charge in [0.2, 0.25) is 12.2 Å². The van der Waals surface area contributed by atoms with Gasteiger partial charge in [-0.05, 0) is 106 Å². The molecular weight excluding hydrogens is 887 g/mol. The Balaban J connectivity index is 1.24. The van der Waals surface area contributed by atoms with Crippen LogP contribution in [0.5, 0.6) is 17.2 Å². The van der Waals surface area contributed by atoms with Crippen molar-refractivity contribution < 1.29 is 68.0 Å². The summed E-state index contributed by atoms with van der Waals surface area (Å²) < 4.78 is 39.3. The van der Waals surface area contributed by atoms with E-state index >= 15 is 9.59 Å². The summed E-state index contributed by atoms with van der Waals surface area (Å²) in [6, 6.07) is 8.17. The largest absolute Gasteiger partial charge is 0.482 e. The molecule has 4 bridgehead atoms. The summed E-state index contributed by atoms with van der Waals surface area (Å²) in [5, 5.41) is 45.6. The van der Waals surface area contributed by atoms with Gasteiger partial charge in [0.25, 0.3) is 0 Å². The van der Waals surface area contributed by atoms with E-state index in [0.717, 1.165) is 16.7 Å². The lowest BCUT2D eigenvalue weighted by Gasteiger charge is -2.56. The van der Waals surface area contributed by atoms with Crippen LogP contribution in [0, 0.1) is 11.8 Å². The third-order valence-electron chi connectivity index (χ3n) is 14.5. The van der Waals surface area contributed by atoms with E-state index in [1.807, 2.05) is 91.0 Å². The molecule has 1 saturated carbocycles. The number of allylic oxidation sites excluding steroid dienone is 5. The number of carbonyl (C=O) groups is 4. The van der Waals surface area contributed by atoms with Crippen molar-refractivity contribution in [2.45, 2.75) is 160 Å². The predicted octanol–water partition coefficient (Wildman–Crippen LogP) is 5.88. The number of carbonyl (C=O) groups excluding carboxylic acids is 4. The van der Waals surface area contributed by atoms with Crippen LogP contribution in [0.15, 0.2) is 83.0 Å². The molecule has 1 spiro atoms.